The second kappa shape index (κ2) is 25.9. The summed E-state index contributed by atoms with van der Waals surface area (Å²) in [5, 5.41) is 0. The summed E-state index contributed by atoms with van der Waals surface area (Å²) < 4.78 is 112. The number of rotatable bonds is 12. The van der Waals surface area contributed by atoms with Crippen molar-refractivity contribution in [1.29, 1.82) is 0 Å². The van der Waals surface area contributed by atoms with Gasteiger partial charge in [-0.25, -0.2) is 13.7 Å². The van der Waals surface area contributed by atoms with Crippen LogP contribution >= 0.6 is 0 Å². The van der Waals surface area contributed by atoms with Crippen molar-refractivity contribution >= 4 is 0 Å². The molecule has 0 amide bonds. The number of aryl methyl sites for hydroxylation is 12. The van der Waals surface area contributed by atoms with E-state index in [2.05, 4.69) is 101 Å². The van der Waals surface area contributed by atoms with Gasteiger partial charge in [-0.1, -0.05) is 151 Å². The Balaban J connectivity index is 0.000000195. The minimum Gasteiger partial charge on any atom is -0.201 e. The van der Waals surface area contributed by atoms with Crippen molar-refractivity contribution in [1.82, 2.24) is 0 Å². The van der Waals surface area contributed by atoms with Crippen LogP contribution in [0.2, 0.25) is 0 Å². The molecule has 0 spiro atoms. The molecule has 402 valence electrons. The predicted octanol–water partition coefficient (Wildman–Crippen LogP) is 17.9. The van der Waals surface area contributed by atoms with Crippen molar-refractivity contribution in [2.24, 2.45) is 38.9 Å². The van der Waals surface area contributed by atoms with Crippen LogP contribution in [0.3, 0.4) is 0 Å². The van der Waals surface area contributed by atoms with Crippen LogP contribution in [0, 0.1) is 79.9 Å². The first-order valence-electron chi connectivity index (χ1n) is 33.9. The van der Waals surface area contributed by atoms with E-state index in [9.17, 15) is 0 Å². The standard InChI is InChI=1S/3C25H30N/c1-17(2)12-22-16-26(6)25(14-18(22)3)24-15-23(19(4)13-20(24)5)21-10-8-7-9-11-21;2*1-17(2)12-22-14-25(26(6)16-20(22)5)24-15-23(18(3)13-19(24)4)21-10-8-7-9-11-21/h3*7-11,13-17H,12H2,1-6H3/q3*+1/i4D3,12D2;3D3,5D3,12D2;. The average Bonchev–Trinajstić information content (AvgIpc) is 0.778. The van der Waals surface area contributed by atoms with E-state index in [1.54, 1.807) is 43.7 Å². The molecule has 0 bridgehead atoms. The monoisotopic (exact) mass is 1050 g/mol. The molecule has 0 aliphatic rings. The molecule has 0 saturated carbocycles. The normalized spacial score (nSPS) is 14.5. The van der Waals surface area contributed by atoms with Gasteiger partial charge in [-0.2, -0.15) is 0 Å². The predicted molar refractivity (Wildman–Crippen MR) is 334 cm³/mol. The second-order valence-electron chi connectivity index (χ2n) is 22.1. The Kier molecular flexibility index (Phi) is 14.2. The van der Waals surface area contributed by atoms with Crippen molar-refractivity contribution in [2.75, 3.05) is 0 Å². The van der Waals surface area contributed by atoms with Crippen LogP contribution in [0.25, 0.3) is 67.2 Å². The molecule has 0 unspecified atom stereocenters. The molecule has 78 heavy (non-hydrogen) atoms. The van der Waals surface area contributed by atoms with Crippen LogP contribution in [0.15, 0.2) is 164 Å². The fourth-order valence-corrected chi connectivity index (χ4v) is 10.3. The van der Waals surface area contributed by atoms with Gasteiger partial charge in [-0.05, 0) is 201 Å². The Morgan fingerprint density at radius 1 is 0.333 bits per heavy atom. The molecule has 0 fully saturated rings. The molecule has 3 aromatic heterocycles. The summed E-state index contributed by atoms with van der Waals surface area (Å²) in [6.45, 7) is 17.1. The number of nitrogens with zero attached hydrogens (tertiary/aromatic N) is 3. The lowest BCUT2D eigenvalue weighted by atomic mass is 9.91. The zero-order valence-electron chi connectivity index (χ0n) is 61.9. The zero-order valence-corrected chi connectivity index (χ0v) is 48.9. The minimum atomic E-state index is -2.48. The highest BCUT2D eigenvalue weighted by Gasteiger charge is 2.22. The molecule has 9 rings (SSSR count). The molecule has 0 N–H and O–H groups in total. The fourth-order valence-electron chi connectivity index (χ4n) is 10.3. The smallest absolute Gasteiger partial charge is 0.201 e. The van der Waals surface area contributed by atoms with Crippen molar-refractivity contribution < 1.29 is 31.5 Å². The Hall–Kier alpha value is -7.23. The van der Waals surface area contributed by atoms with E-state index in [1.807, 2.05) is 131 Å². The van der Waals surface area contributed by atoms with E-state index in [0.717, 1.165) is 39.9 Å². The largest absolute Gasteiger partial charge is 0.212 e. The maximum Gasteiger partial charge on any atom is 0.212 e. The molecule has 3 heteroatoms. The van der Waals surface area contributed by atoms with Gasteiger partial charge in [0.15, 0.2) is 18.6 Å². The molecule has 0 aliphatic carbocycles. The SMILES string of the molecule is Cc1c[n+](C)c(-c2cc(-c3ccccc3)c(C)cc2C)cc1CC(C)C.[2H]C([2H])([2H])c1cc(C)c(-c2cc(C([2H])([2H])C(C)C)c(C([2H])([2H])[2H])c[n+]2C)cc1-c1ccccc1.[2H]C([2H])([2H])c1cc(C)c(-c2cc(C)c(C([2H])([2H])C(C)C)c[n+]2C)cc1-c1ccccc1. The summed E-state index contributed by atoms with van der Waals surface area (Å²) in [7, 11) is 5.79. The third kappa shape index (κ3) is 14.3. The lowest BCUT2D eigenvalue weighted by molar-refractivity contribution is -0.661. The Labute approximate surface area is 489 Å². The van der Waals surface area contributed by atoms with E-state index in [1.165, 1.54) is 50.8 Å². The molecule has 3 nitrogen and oxygen atoms in total. The molecule has 6 aromatic carbocycles. The third-order valence-electron chi connectivity index (χ3n) is 14.2. The number of pyridine rings is 3. The molecule has 9 aromatic rings. The quantitative estimate of drug-likeness (QED) is 0.108. The second-order valence-corrected chi connectivity index (χ2v) is 22.1. The molecule has 0 radical (unpaired) electrons. The summed E-state index contributed by atoms with van der Waals surface area (Å²) in [5.74, 6) is 0.0587. The maximum absolute atomic E-state index is 8.65. The lowest BCUT2D eigenvalue weighted by Gasteiger charge is -2.14. The van der Waals surface area contributed by atoms with Crippen LogP contribution < -0.4 is 13.7 Å². The Bertz CT molecular complexity index is 4050. The molecular weight excluding hydrogens is 943 g/mol. The molecule has 3 heterocycles. The minimum absolute atomic E-state index is 0.0301. The fraction of sp³-hybridized carbons (Fsp3) is 0.320. The van der Waals surface area contributed by atoms with Gasteiger partial charge in [0, 0.05) is 69.4 Å². The van der Waals surface area contributed by atoms with E-state index < -0.39 is 39.2 Å². The van der Waals surface area contributed by atoms with Gasteiger partial charge in [-0.3, -0.25) is 0 Å². The highest BCUT2D eigenvalue weighted by molar-refractivity contribution is 5.78. The van der Waals surface area contributed by atoms with Crippen LogP contribution in [0.1, 0.15) is 126 Å². The molecule has 0 saturated heterocycles. The molecular formula is C75H90N3+3. The average molecular weight is 1050 g/mol. The van der Waals surface area contributed by atoms with Gasteiger partial charge in [0.1, 0.15) is 21.1 Å². The number of benzene rings is 6. The van der Waals surface area contributed by atoms with Crippen molar-refractivity contribution in [3.8, 4) is 67.2 Å². The molecule has 0 atom stereocenters. The third-order valence-corrected chi connectivity index (χ3v) is 14.2. The van der Waals surface area contributed by atoms with Crippen molar-refractivity contribution in [2.45, 2.75) is 123 Å². The summed E-state index contributed by atoms with van der Waals surface area (Å²) >= 11 is 0. The van der Waals surface area contributed by atoms with Gasteiger partial charge in [0.2, 0.25) is 17.1 Å². The first-order valence-corrected chi connectivity index (χ1v) is 27.4. The van der Waals surface area contributed by atoms with Crippen LogP contribution in [-0.2, 0) is 40.3 Å². The first kappa shape index (κ1) is 42.7. The highest BCUT2D eigenvalue weighted by Crippen LogP contribution is 2.35. The number of hydrogen-bond donors (Lipinski definition) is 0. The van der Waals surface area contributed by atoms with Crippen molar-refractivity contribution in [3.05, 3.63) is 231 Å². The van der Waals surface area contributed by atoms with E-state index in [0.29, 0.717) is 45.0 Å². The van der Waals surface area contributed by atoms with E-state index in [4.69, 9.17) is 17.8 Å². The molecule has 0 aliphatic heterocycles. The van der Waals surface area contributed by atoms with Gasteiger partial charge < -0.3 is 0 Å². The number of aromatic nitrogens is 3. The summed E-state index contributed by atoms with van der Waals surface area (Å²) in [5.41, 5.74) is 20.6. The summed E-state index contributed by atoms with van der Waals surface area (Å²) in [6.07, 6.45) is 3.42. The lowest BCUT2D eigenvalue weighted by Crippen LogP contribution is -2.32. The van der Waals surface area contributed by atoms with Gasteiger partial charge in [0.25, 0.3) is 0 Å². The topological polar surface area (TPSA) is 11.6 Å². The Morgan fingerprint density at radius 2 is 0.679 bits per heavy atom. The van der Waals surface area contributed by atoms with Gasteiger partial charge in [-0.15, -0.1) is 0 Å². The Morgan fingerprint density at radius 3 is 1.09 bits per heavy atom. The van der Waals surface area contributed by atoms with Crippen LogP contribution in [0.5, 0.6) is 0 Å². The van der Waals surface area contributed by atoms with Gasteiger partial charge in [0.05, 0.1) is 0 Å². The summed E-state index contributed by atoms with van der Waals surface area (Å²) in [4.78, 5) is 0. The van der Waals surface area contributed by atoms with Crippen molar-refractivity contribution in [3.63, 3.8) is 0 Å². The van der Waals surface area contributed by atoms with E-state index >= 15 is 0 Å². The summed E-state index contributed by atoms with van der Waals surface area (Å²) in [6, 6.07) is 47.4. The van der Waals surface area contributed by atoms with Crippen LogP contribution in [0.4, 0.5) is 0 Å². The highest BCUT2D eigenvalue weighted by atomic mass is 14.9. The zero-order chi connectivity index (χ0) is 67.6. The number of hydrogen-bond acceptors (Lipinski definition) is 0. The van der Waals surface area contributed by atoms with E-state index in [-0.39, 0.29) is 22.6 Å². The maximum atomic E-state index is 8.65. The first-order chi connectivity index (χ1) is 42.2. The van der Waals surface area contributed by atoms with Crippen LogP contribution in [-0.4, -0.2) is 0 Å². The van der Waals surface area contributed by atoms with Gasteiger partial charge >= 0.3 is 0 Å².